The fourth-order valence-electron chi connectivity index (χ4n) is 3.85. The van der Waals surface area contributed by atoms with E-state index in [4.69, 9.17) is 28.9 Å². The molecule has 6 nitrogen and oxygen atoms in total. The summed E-state index contributed by atoms with van der Waals surface area (Å²) in [5.74, 6) is 0.00740. The van der Waals surface area contributed by atoms with E-state index in [1.54, 1.807) is 18.2 Å². The van der Waals surface area contributed by atoms with Crippen LogP contribution < -0.4 is 16.4 Å². The lowest BCUT2D eigenvalue weighted by Crippen LogP contribution is -2.39. The van der Waals surface area contributed by atoms with E-state index >= 15 is 0 Å². The van der Waals surface area contributed by atoms with Crippen molar-refractivity contribution in [3.63, 3.8) is 0 Å². The number of nitrogens with one attached hydrogen (secondary N) is 2. The van der Waals surface area contributed by atoms with Crippen molar-refractivity contribution < 1.29 is 4.79 Å². The van der Waals surface area contributed by atoms with Crippen LogP contribution in [0.1, 0.15) is 32.1 Å². The van der Waals surface area contributed by atoms with Gasteiger partial charge in [-0.05, 0) is 31.0 Å². The Bertz CT molecular complexity index is 984. The van der Waals surface area contributed by atoms with E-state index in [2.05, 4.69) is 22.8 Å². The highest BCUT2D eigenvalue weighted by Crippen LogP contribution is 2.51. The predicted molar refractivity (Wildman–Crippen MR) is 116 cm³/mol. The number of allylic oxidation sites excluding steroid dienone is 2. The Morgan fingerprint density at radius 3 is 2.55 bits per heavy atom. The second kappa shape index (κ2) is 9.00. The Kier molecular flexibility index (Phi) is 6.64. The number of benzene rings is 1. The van der Waals surface area contributed by atoms with Crippen LogP contribution in [0.3, 0.4) is 0 Å². The van der Waals surface area contributed by atoms with Crippen molar-refractivity contribution in [2.45, 2.75) is 32.1 Å². The molecule has 2 aliphatic rings. The maximum absolute atomic E-state index is 12.4. The number of anilines is 1. The first-order valence-electron chi connectivity index (χ1n) is 9.11. The molecule has 1 aromatic rings. The van der Waals surface area contributed by atoms with E-state index < -0.39 is 5.41 Å². The van der Waals surface area contributed by atoms with Crippen LogP contribution in [-0.2, 0) is 4.79 Å². The summed E-state index contributed by atoms with van der Waals surface area (Å²) in [5, 5.41) is 26.6. The van der Waals surface area contributed by atoms with Gasteiger partial charge in [-0.1, -0.05) is 54.2 Å². The van der Waals surface area contributed by atoms with Gasteiger partial charge < -0.3 is 16.4 Å². The molecule has 150 valence electrons. The van der Waals surface area contributed by atoms with E-state index in [9.17, 15) is 15.3 Å². The molecule has 0 atom stereocenters. The third kappa shape index (κ3) is 4.33. The van der Waals surface area contributed by atoms with Crippen molar-refractivity contribution >= 4 is 46.6 Å². The summed E-state index contributed by atoms with van der Waals surface area (Å²) < 4.78 is 0. The zero-order chi connectivity index (χ0) is 21.0. The van der Waals surface area contributed by atoms with Gasteiger partial charge in [0.1, 0.15) is 5.82 Å². The van der Waals surface area contributed by atoms with E-state index in [1.807, 2.05) is 0 Å². The van der Waals surface area contributed by atoms with E-state index in [0.29, 0.717) is 44.7 Å². The Morgan fingerprint density at radius 2 is 1.90 bits per heavy atom. The fraction of sp³-hybridized carbons (Fsp3) is 0.350. The second-order valence-electron chi connectivity index (χ2n) is 6.95. The van der Waals surface area contributed by atoms with Crippen molar-refractivity contribution in [1.82, 2.24) is 5.32 Å². The van der Waals surface area contributed by atoms with Crippen molar-refractivity contribution in [3.8, 4) is 12.1 Å². The zero-order valence-corrected chi connectivity index (χ0v) is 17.8. The summed E-state index contributed by atoms with van der Waals surface area (Å²) in [6, 6.07) is 9.28. The van der Waals surface area contributed by atoms with Gasteiger partial charge in [0.05, 0.1) is 44.8 Å². The van der Waals surface area contributed by atoms with Gasteiger partial charge in [0.25, 0.3) is 0 Å². The highest BCUT2D eigenvalue weighted by Gasteiger charge is 2.45. The number of carbonyl (C=O) groups excluding carboxylic acids is 1. The van der Waals surface area contributed by atoms with Gasteiger partial charge in [0, 0.05) is 10.4 Å². The topological polar surface area (TPSA) is 115 Å². The molecule has 1 aromatic carbocycles. The van der Waals surface area contributed by atoms with Crippen LogP contribution in [0.2, 0.25) is 10.0 Å². The van der Waals surface area contributed by atoms with E-state index in [0.717, 1.165) is 19.3 Å². The average Bonchev–Trinajstić information content (AvgIpc) is 2.70. The van der Waals surface area contributed by atoms with Crippen molar-refractivity contribution in [2.75, 3.05) is 11.1 Å². The first kappa shape index (κ1) is 21.4. The molecule has 1 fully saturated rings. The molecule has 3 rings (SSSR count). The molecule has 0 bridgehead atoms. The zero-order valence-electron chi connectivity index (χ0n) is 15.5. The van der Waals surface area contributed by atoms with Crippen molar-refractivity contribution in [3.05, 3.63) is 50.2 Å². The summed E-state index contributed by atoms with van der Waals surface area (Å²) in [5.41, 5.74) is 6.80. The van der Waals surface area contributed by atoms with Crippen molar-refractivity contribution in [2.24, 2.45) is 11.1 Å². The number of rotatable bonds is 4. The first-order valence-corrected chi connectivity index (χ1v) is 10.9. The summed E-state index contributed by atoms with van der Waals surface area (Å²) in [7, 11) is 0. The third-order valence-electron chi connectivity index (χ3n) is 5.18. The molecular weight excluding hydrogens is 429 g/mol. The Labute approximate surface area is 183 Å². The lowest BCUT2D eigenvalue weighted by atomic mass is 9.64. The quantitative estimate of drug-likeness (QED) is 0.618. The minimum absolute atomic E-state index is 0.0433. The minimum Gasteiger partial charge on any atom is -0.384 e. The Balaban J connectivity index is 1.80. The van der Waals surface area contributed by atoms with Gasteiger partial charge in [-0.3, -0.25) is 4.79 Å². The van der Waals surface area contributed by atoms with Crippen LogP contribution in [0.15, 0.2) is 40.2 Å². The SMILES string of the molecule is N#CC1=C(N)NC(SCC(=O)Nc2cc(Cl)ccc2Cl)=C(C#N)C12CCCCC2. The largest absolute Gasteiger partial charge is 0.384 e. The van der Waals surface area contributed by atoms with Crippen LogP contribution in [0.5, 0.6) is 0 Å². The lowest BCUT2D eigenvalue weighted by Gasteiger charge is -2.40. The summed E-state index contributed by atoms with van der Waals surface area (Å²) >= 11 is 13.2. The van der Waals surface area contributed by atoms with Crippen LogP contribution in [0.25, 0.3) is 0 Å². The number of dihydropyridines is 1. The van der Waals surface area contributed by atoms with Crippen LogP contribution in [0, 0.1) is 28.1 Å². The molecule has 0 unspecified atom stereocenters. The molecule has 9 heteroatoms. The number of amides is 1. The third-order valence-corrected chi connectivity index (χ3v) is 6.75. The van der Waals surface area contributed by atoms with E-state index in [1.165, 1.54) is 11.8 Å². The summed E-state index contributed by atoms with van der Waals surface area (Å²) in [6.45, 7) is 0. The number of carbonyl (C=O) groups is 1. The molecule has 1 amide bonds. The van der Waals surface area contributed by atoms with Gasteiger partial charge in [-0.15, -0.1) is 0 Å². The predicted octanol–water partition coefficient (Wildman–Crippen LogP) is 4.65. The molecule has 29 heavy (non-hydrogen) atoms. The number of halogens is 2. The molecule has 0 aromatic heterocycles. The average molecular weight is 448 g/mol. The number of nitrogens with zero attached hydrogens (tertiary/aromatic N) is 2. The highest BCUT2D eigenvalue weighted by molar-refractivity contribution is 8.03. The summed E-state index contributed by atoms with van der Waals surface area (Å²) in [4.78, 5) is 12.4. The molecule has 1 heterocycles. The second-order valence-corrected chi connectivity index (χ2v) is 8.77. The molecule has 0 radical (unpaired) electrons. The molecule has 1 spiro atoms. The van der Waals surface area contributed by atoms with Gasteiger partial charge in [0.2, 0.25) is 5.91 Å². The molecule has 1 saturated carbocycles. The maximum Gasteiger partial charge on any atom is 0.234 e. The number of nitrogens with two attached hydrogens (primary N) is 1. The van der Waals surface area contributed by atoms with Gasteiger partial charge in [-0.2, -0.15) is 10.5 Å². The maximum atomic E-state index is 12.4. The Morgan fingerprint density at radius 1 is 1.21 bits per heavy atom. The van der Waals surface area contributed by atoms with Crippen LogP contribution >= 0.6 is 35.0 Å². The van der Waals surface area contributed by atoms with Crippen LogP contribution in [0.4, 0.5) is 5.69 Å². The molecule has 1 aliphatic heterocycles. The first-order chi connectivity index (χ1) is 13.9. The number of nitriles is 2. The molecule has 0 saturated heterocycles. The van der Waals surface area contributed by atoms with Crippen LogP contribution in [-0.4, -0.2) is 11.7 Å². The highest BCUT2D eigenvalue weighted by atomic mass is 35.5. The monoisotopic (exact) mass is 447 g/mol. The van der Waals surface area contributed by atoms with E-state index in [-0.39, 0.29) is 17.5 Å². The van der Waals surface area contributed by atoms with Gasteiger partial charge >= 0.3 is 0 Å². The normalized spacial score (nSPS) is 18.1. The Hall–Kier alpha value is -2.32. The number of thioether (sulfide) groups is 1. The smallest absolute Gasteiger partial charge is 0.234 e. The molecular formula is C20H19Cl2N5OS. The standard InChI is InChI=1S/C20H19Cl2N5OS/c21-12-4-5-15(22)16(8-12)26-17(28)11-29-19-14(10-24)20(6-2-1-3-7-20)13(9-23)18(25)27-19/h4-5,8,27H,1-3,6-7,11,25H2,(H,26,28). The summed E-state index contributed by atoms with van der Waals surface area (Å²) in [6.07, 6.45) is 4.33. The van der Waals surface area contributed by atoms with Crippen molar-refractivity contribution in [1.29, 1.82) is 10.5 Å². The molecule has 1 aliphatic carbocycles. The minimum atomic E-state index is -0.661. The fourth-order valence-corrected chi connectivity index (χ4v) is 5.11. The number of hydrogen-bond acceptors (Lipinski definition) is 6. The molecule has 4 N–H and O–H groups in total. The van der Waals surface area contributed by atoms with Gasteiger partial charge in [-0.25, -0.2) is 0 Å². The lowest BCUT2D eigenvalue weighted by molar-refractivity contribution is -0.113. The van der Waals surface area contributed by atoms with Gasteiger partial charge in [0.15, 0.2) is 0 Å². The number of hydrogen-bond donors (Lipinski definition) is 3.